The summed E-state index contributed by atoms with van der Waals surface area (Å²) >= 11 is 1.38. The predicted octanol–water partition coefficient (Wildman–Crippen LogP) is 2.47. The van der Waals surface area contributed by atoms with Crippen molar-refractivity contribution in [3.05, 3.63) is 57.8 Å². The summed E-state index contributed by atoms with van der Waals surface area (Å²) in [6, 6.07) is 11.3. The maximum Gasteiger partial charge on any atom is 0.369 e. The number of unbranched alkanes of at least 4 members (excludes halogenated alkanes) is 1. The van der Waals surface area contributed by atoms with Crippen molar-refractivity contribution in [1.82, 2.24) is 19.8 Å². The van der Waals surface area contributed by atoms with Gasteiger partial charge in [-0.2, -0.15) is 9.36 Å². The zero-order chi connectivity index (χ0) is 17.6. The topological polar surface area (TPSA) is 81.8 Å². The van der Waals surface area contributed by atoms with Crippen LogP contribution in [-0.4, -0.2) is 25.7 Å². The molecule has 8 heteroatoms. The summed E-state index contributed by atoms with van der Waals surface area (Å²) in [7, 11) is 0. The van der Waals surface area contributed by atoms with Crippen LogP contribution in [0.4, 0.5) is 5.69 Å². The van der Waals surface area contributed by atoms with Gasteiger partial charge in [0.05, 0.1) is 0 Å². The van der Waals surface area contributed by atoms with Crippen molar-refractivity contribution in [3.8, 4) is 5.00 Å². The van der Waals surface area contributed by atoms with Crippen LogP contribution in [0.25, 0.3) is 5.00 Å². The number of rotatable bonds is 7. The Kier molecular flexibility index (Phi) is 5.39. The Bertz CT molecular complexity index is 881. The van der Waals surface area contributed by atoms with Crippen LogP contribution in [0, 0.1) is 0 Å². The minimum Gasteiger partial charge on any atom is -0.324 e. The average molecular weight is 357 g/mol. The zero-order valence-corrected chi connectivity index (χ0v) is 14.7. The summed E-state index contributed by atoms with van der Waals surface area (Å²) in [6.45, 7) is 1.98. The summed E-state index contributed by atoms with van der Waals surface area (Å²) in [6.07, 6.45) is 3.33. The first kappa shape index (κ1) is 17.1. The lowest BCUT2D eigenvalue weighted by Crippen LogP contribution is -2.29. The van der Waals surface area contributed by atoms with Crippen molar-refractivity contribution >= 4 is 22.9 Å². The van der Waals surface area contributed by atoms with Crippen LogP contribution in [-0.2, 0) is 17.8 Å². The van der Waals surface area contributed by atoms with Crippen LogP contribution in [0.3, 0.4) is 0 Å². The molecular weight excluding hydrogens is 338 g/mol. The maximum atomic E-state index is 12.2. The van der Waals surface area contributed by atoms with Crippen molar-refractivity contribution in [2.24, 2.45) is 0 Å². The van der Waals surface area contributed by atoms with E-state index < -0.39 is 5.69 Å². The third kappa shape index (κ3) is 4.21. The Morgan fingerprint density at radius 1 is 1.20 bits per heavy atom. The second-order valence-corrected chi connectivity index (χ2v) is 6.56. The molecule has 3 aromatic rings. The van der Waals surface area contributed by atoms with Crippen LogP contribution >= 0.6 is 11.3 Å². The van der Waals surface area contributed by atoms with Crippen LogP contribution < -0.4 is 11.0 Å². The molecule has 0 fully saturated rings. The monoisotopic (exact) mass is 357 g/mol. The highest BCUT2D eigenvalue weighted by Crippen LogP contribution is 2.12. The van der Waals surface area contributed by atoms with E-state index in [1.165, 1.54) is 21.6 Å². The highest BCUT2D eigenvalue weighted by Gasteiger charge is 2.12. The van der Waals surface area contributed by atoms with Crippen LogP contribution in [0.2, 0.25) is 0 Å². The molecule has 0 bridgehead atoms. The predicted molar refractivity (Wildman–Crippen MR) is 97.2 cm³/mol. The van der Waals surface area contributed by atoms with Crippen molar-refractivity contribution < 1.29 is 4.79 Å². The molecule has 0 aliphatic carbocycles. The molecule has 25 heavy (non-hydrogen) atoms. The van der Waals surface area contributed by atoms with Gasteiger partial charge in [0.2, 0.25) is 5.91 Å². The van der Waals surface area contributed by atoms with Crippen molar-refractivity contribution in [2.45, 2.75) is 32.7 Å². The van der Waals surface area contributed by atoms with Gasteiger partial charge in [0, 0.05) is 5.69 Å². The number of hydrogen-bond acceptors (Lipinski definition) is 5. The molecule has 130 valence electrons. The highest BCUT2D eigenvalue weighted by molar-refractivity contribution is 7.12. The van der Waals surface area contributed by atoms with Gasteiger partial charge < -0.3 is 5.32 Å². The molecule has 1 N–H and O–H groups in total. The van der Waals surface area contributed by atoms with E-state index in [0.29, 0.717) is 10.7 Å². The summed E-state index contributed by atoms with van der Waals surface area (Å²) in [5.41, 5.74) is 1.51. The molecule has 0 aliphatic rings. The second-order valence-electron chi connectivity index (χ2n) is 5.63. The Labute approximate surface area is 148 Å². The van der Waals surface area contributed by atoms with E-state index in [4.69, 9.17) is 0 Å². The van der Waals surface area contributed by atoms with Crippen molar-refractivity contribution in [2.75, 3.05) is 5.32 Å². The standard InChI is InChI=1S/C17H19N5O2S/c1-2-3-5-13-7-9-14(10-8-13)18-15(23)12-21-17(24)22(20-19-21)16-6-4-11-25-16/h4,6-11H,2-3,5,12H2,1H3,(H,18,23). The van der Waals surface area contributed by atoms with Gasteiger partial charge in [-0.15, -0.1) is 11.3 Å². The van der Waals surface area contributed by atoms with Crippen LogP contribution in [0.5, 0.6) is 0 Å². The third-order valence-corrected chi connectivity index (χ3v) is 4.55. The van der Waals surface area contributed by atoms with E-state index in [1.54, 1.807) is 6.07 Å². The van der Waals surface area contributed by atoms with Crippen LogP contribution in [0.15, 0.2) is 46.6 Å². The Morgan fingerprint density at radius 2 is 2.00 bits per heavy atom. The van der Waals surface area contributed by atoms with Gasteiger partial charge in [-0.1, -0.05) is 25.5 Å². The lowest BCUT2D eigenvalue weighted by Gasteiger charge is -2.06. The second kappa shape index (κ2) is 7.89. The molecule has 0 atom stereocenters. The van der Waals surface area contributed by atoms with Crippen molar-refractivity contribution in [1.29, 1.82) is 0 Å². The normalized spacial score (nSPS) is 10.8. The van der Waals surface area contributed by atoms with E-state index in [1.807, 2.05) is 35.7 Å². The quantitative estimate of drug-likeness (QED) is 0.704. The number of anilines is 1. The average Bonchev–Trinajstić information content (AvgIpc) is 3.25. The number of nitrogens with zero attached hydrogens (tertiary/aromatic N) is 4. The number of aromatic nitrogens is 4. The first-order valence-electron chi connectivity index (χ1n) is 8.13. The summed E-state index contributed by atoms with van der Waals surface area (Å²) in [5.74, 6) is -0.318. The molecule has 7 nitrogen and oxygen atoms in total. The minimum absolute atomic E-state index is 0.179. The molecule has 3 rings (SSSR count). The molecule has 0 aliphatic heterocycles. The minimum atomic E-state index is -0.437. The summed E-state index contributed by atoms with van der Waals surface area (Å²) in [5, 5.41) is 12.9. The summed E-state index contributed by atoms with van der Waals surface area (Å²) < 4.78 is 2.23. The first-order chi connectivity index (χ1) is 12.2. The van der Waals surface area contributed by atoms with Crippen molar-refractivity contribution in [3.63, 3.8) is 0 Å². The highest BCUT2D eigenvalue weighted by atomic mass is 32.1. The first-order valence-corrected chi connectivity index (χ1v) is 9.01. The fourth-order valence-electron chi connectivity index (χ4n) is 2.37. The number of nitrogens with one attached hydrogen (secondary N) is 1. The lowest BCUT2D eigenvalue weighted by atomic mass is 10.1. The maximum absolute atomic E-state index is 12.2. The molecule has 0 radical (unpaired) electrons. The lowest BCUT2D eigenvalue weighted by molar-refractivity contribution is -0.117. The number of amides is 1. The molecule has 1 aromatic carbocycles. The number of carbonyl (C=O) groups is 1. The van der Waals surface area contributed by atoms with Gasteiger partial charge in [0.25, 0.3) is 0 Å². The fourth-order valence-corrected chi connectivity index (χ4v) is 3.04. The van der Waals surface area contributed by atoms with E-state index in [9.17, 15) is 9.59 Å². The van der Waals surface area contributed by atoms with E-state index in [2.05, 4.69) is 22.7 Å². The number of benzene rings is 1. The third-order valence-electron chi connectivity index (χ3n) is 3.70. The molecular formula is C17H19N5O2S. The number of carbonyl (C=O) groups excluding carboxylic acids is 1. The number of hydrogen-bond donors (Lipinski definition) is 1. The molecule has 2 heterocycles. The molecule has 2 aromatic heterocycles. The smallest absolute Gasteiger partial charge is 0.324 e. The fraction of sp³-hybridized carbons (Fsp3) is 0.294. The molecule has 0 saturated heterocycles. The van der Waals surface area contributed by atoms with Gasteiger partial charge in [-0.3, -0.25) is 4.79 Å². The number of aryl methyl sites for hydroxylation is 1. The van der Waals surface area contributed by atoms with Gasteiger partial charge in [0.15, 0.2) is 0 Å². The van der Waals surface area contributed by atoms with Gasteiger partial charge in [-0.05, 0) is 58.5 Å². The molecule has 0 unspecified atom stereocenters. The summed E-state index contributed by atoms with van der Waals surface area (Å²) in [4.78, 5) is 24.4. The Balaban J connectivity index is 1.62. The zero-order valence-electron chi connectivity index (χ0n) is 13.9. The molecule has 0 spiro atoms. The van der Waals surface area contributed by atoms with E-state index in [0.717, 1.165) is 23.9 Å². The molecule has 1 amide bonds. The molecule has 0 saturated carbocycles. The number of tetrazole rings is 1. The Hall–Kier alpha value is -2.74. The van der Waals surface area contributed by atoms with Crippen LogP contribution in [0.1, 0.15) is 25.3 Å². The SMILES string of the molecule is CCCCc1ccc(NC(=O)Cn2nnn(-c3cccs3)c2=O)cc1. The van der Waals surface area contributed by atoms with Gasteiger partial charge in [-0.25, -0.2) is 4.79 Å². The van der Waals surface area contributed by atoms with E-state index in [-0.39, 0.29) is 12.5 Å². The van der Waals surface area contributed by atoms with Gasteiger partial charge in [0.1, 0.15) is 11.5 Å². The van der Waals surface area contributed by atoms with E-state index >= 15 is 0 Å². The largest absolute Gasteiger partial charge is 0.369 e. The Morgan fingerprint density at radius 3 is 2.68 bits per heavy atom. The van der Waals surface area contributed by atoms with Gasteiger partial charge >= 0.3 is 5.69 Å². The number of thiophene rings is 1.